The van der Waals surface area contributed by atoms with Crippen LogP contribution in [0.1, 0.15) is 5.69 Å². The first kappa shape index (κ1) is 6.10. The van der Waals surface area contributed by atoms with Crippen LogP contribution in [0.5, 0.6) is 0 Å². The Morgan fingerprint density at radius 3 is 3.11 bits per heavy atom. The largest absolute Gasteiger partial charge is 0.382 e. The highest BCUT2D eigenvalue weighted by Gasteiger charge is 1.97. The lowest BCUT2D eigenvalue weighted by Crippen LogP contribution is -1.93. The Morgan fingerprint density at radius 2 is 2.67 bits per heavy atom. The van der Waals surface area contributed by atoms with Gasteiger partial charge in [-0.2, -0.15) is 0 Å². The van der Waals surface area contributed by atoms with E-state index >= 15 is 0 Å². The van der Waals surface area contributed by atoms with Gasteiger partial charge in [0.15, 0.2) is 0 Å². The van der Waals surface area contributed by atoms with Gasteiger partial charge in [0.1, 0.15) is 5.82 Å². The van der Waals surface area contributed by atoms with Gasteiger partial charge in [-0.15, -0.1) is 0 Å². The highest BCUT2D eigenvalue weighted by Crippen LogP contribution is 2.03. The number of rotatable bonds is 2. The van der Waals surface area contributed by atoms with Gasteiger partial charge in [0.2, 0.25) is 0 Å². The zero-order chi connectivity index (χ0) is 6.69. The van der Waals surface area contributed by atoms with Gasteiger partial charge in [0.25, 0.3) is 0 Å². The molecule has 0 aliphatic rings. The fraction of sp³-hybridized carbons (Fsp3) is 0.400. The van der Waals surface area contributed by atoms with Crippen LogP contribution in [0.2, 0.25) is 0 Å². The molecule has 0 atom stereocenters. The topological polar surface area (TPSA) is 63.9 Å². The van der Waals surface area contributed by atoms with E-state index in [1.54, 1.807) is 13.4 Å². The van der Waals surface area contributed by atoms with Crippen LogP contribution in [0.3, 0.4) is 0 Å². The smallest absolute Gasteiger partial charge is 0.147 e. The molecule has 0 radical (unpaired) electrons. The quantitative estimate of drug-likeness (QED) is 0.593. The Bertz CT molecular complexity index is 184. The minimum absolute atomic E-state index is 0.492. The Kier molecular flexibility index (Phi) is 1.69. The highest BCUT2D eigenvalue weighted by molar-refractivity contribution is 5.32. The molecule has 9 heavy (non-hydrogen) atoms. The number of imidazole rings is 1. The SMILES string of the molecule is COCc1[nH]cnc1N. The molecule has 4 heteroatoms. The maximum atomic E-state index is 5.40. The summed E-state index contributed by atoms with van der Waals surface area (Å²) in [6.45, 7) is 0.492. The van der Waals surface area contributed by atoms with Crippen LogP contribution >= 0.6 is 0 Å². The summed E-state index contributed by atoms with van der Waals surface area (Å²) in [7, 11) is 1.61. The van der Waals surface area contributed by atoms with Crippen molar-refractivity contribution in [3.05, 3.63) is 12.0 Å². The first-order valence-corrected chi connectivity index (χ1v) is 2.61. The zero-order valence-electron chi connectivity index (χ0n) is 5.22. The summed E-state index contributed by atoms with van der Waals surface area (Å²) in [5.41, 5.74) is 6.24. The van der Waals surface area contributed by atoms with Crippen molar-refractivity contribution < 1.29 is 4.74 Å². The number of H-pyrrole nitrogens is 1. The standard InChI is InChI=1S/C5H9N3O/c1-9-2-4-5(6)8-3-7-4/h3H,2,6H2,1H3,(H,7,8). The molecule has 0 amide bonds. The van der Waals surface area contributed by atoms with Crippen molar-refractivity contribution in [3.63, 3.8) is 0 Å². The number of hydrogen-bond acceptors (Lipinski definition) is 3. The number of anilines is 1. The van der Waals surface area contributed by atoms with E-state index in [9.17, 15) is 0 Å². The van der Waals surface area contributed by atoms with E-state index in [2.05, 4.69) is 9.97 Å². The predicted octanol–water partition coefficient (Wildman–Crippen LogP) is 0.138. The first-order chi connectivity index (χ1) is 4.34. The van der Waals surface area contributed by atoms with E-state index < -0.39 is 0 Å². The Morgan fingerprint density at radius 1 is 1.89 bits per heavy atom. The predicted molar refractivity (Wildman–Crippen MR) is 33.7 cm³/mol. The molecular formula is C5H9N3O. The molecule has 0 fully saturated rings. The lowest BCUT2D eigenvalue weighted by atomic mass is 10.5. The third kappa shape index (κ3) is 1.20. The lowest BCUT2D eigenvalue weighted by molar-refractivity contribution is 0.182. The van der Waals surface area contributed by atoms with Crippen LogP contribution in [0.4, 0.5) is 5.82 Å². The van der Waals surface area contributed by atoms with Crippen LogP contribution in [0, 0.1) is 0 Å². The number of nitrogen functional groups attached to an aromatic ring is 1. The first-order valence-electron chi connectivity index (χ1n) is 2.61. The number of nitrogens with two attached hydrogens (primary N) is 1. The fourth-order valence-electron chi connectivity index (χ4n) is 0.592. The van der Waals surface area contributed by atoms with Crippen molar-refractivity contribution in [1.82, 2.24) is 9.97 Å². The Labute approximate surface area is 53.0 Å². The molecule has 0 unspecified atom stereocenters. The molecular weight excluding hydrogens is 118 g/mol. The fourth-order valence-corrected chi connectivity index (χ4v) is 0.592. The number of ether oxygens (including phenoxy) is 1. The van der Waals surface area contributed by atoms with Gasteiger partial charge in [0, 0.05) is 7.11 Å². The van der Waals surface area contributed by atoms with Crippen LogP contribution in [0.15, 0.2) is 6.33 Å². The molecule has 1 heterocycles. The van der Waals surface area contributed by atoms with Gasteiger partial charge in [0.05, 0.1) is 18.6 Å². The summed E-state index contributed by atoms with van der Waals surface area (Å²) in [5, 5.41) is 0. The summed E-state index contributed by atoms with van der Waals surface area (Å²) in [6, 6.07) is 0. The number of aromatic nitrogens is 2. The van der Waals surface area contributed by atoms with Crippen LogP contribution in [-0.2, 0) is 11.3 Å². The Balaban J connectivity index is 2.69. The minimum Gasteiger partial charge on any atom is -0.382 e. The Hall–Kier alpha value is -1.03. The molecule has 1 aromatic heterocycles. The van der Waals surface area contributed by atoms with E-state index in [-0.39, 0.29) is 0 Å². The number of nitrogens with one attached hydrogen (secondary N) is 1. The van der Waals surface area contributed by atoms with Crippen molar-refractivity contribution in [1.29, 1.82) is 0 Å². The van der Waals surface area contributed by atoms with Gasteiger partial charge < -0.3 is 15.5 Å². The average Bonchev–Trinajstić information content (AvgIpc) is 2.18. The molecule has 3 N–H and O–H groups in total. The molecule has 0 aliphatic heterocycles. The number of nitrogens with zero attached hydrogens (tertiary/aromatic N) is 1. The van der Waals surface area contributed by atoms with Crippen LogP contribution < -0.4 is 5.73 Å². The van der Waals surface area contributed by atoms with E-state index in [1.165, 1.54) is 0 Å². The normalized spacial score (nSPS) is 9.89. The van der Waals surface area contributed by atoms with Crippen molar-refractivity contribution in [2.24, 2.45) is 0 Å². The number of methoxy groups -OCH3 is 1. The molecule has 1 rings (SSSR count). The van der Waals surface area contributed by atoms with Crippen molar-refractivity contribution >= 4 is 5.82 Å². The second-order valence-corrected chi connectivity index (χ2v) is 1.70. The van der Waals surface area contributed by atoms with Crippen LogP contribution in [0.25, 0.3) is 0 Å². The maximum Gasteiger partial charge on any atom is 0.147 e. The van der Waals surface area contributed by atoms with Crippen LogP contribution in [-0.4, -0.2) is 17.1 Å². The molecule has 0 spiro atoms. The molecule has 50 valence electrons. The number of hydrogen-bond donors (Lipinski definition) is 2. The number of aromatic amines is 1. The van der Waals surface area contributed by atoms with Gasteiger partial charge in [-0.3, -0.25) is 0 Å². The van der Waals surface area contributed by atoms with E-state index in [0.717, 1.165) is 5.69 Å². The van der Waals surface area contributed by atoms with Gasteiger partial charge in [-0.25, -0.2) is 4.98 Å². The van der Waals surface area contributed by atoms with E-state index in [1.807, 2.05) is 0 Å². The van der Waals surface area contributed by atoms with Crippen molar-refractivity contribution in [2.75, 3.05) is 12.8 Å². The highest BCUT2D eigenvalue weighted by atomic mass is 16.5. The summed E-state index contributed by atoms with van der Waals surface area (Å²) >= 11 is 0. The third-order valence-corrected chi connectivity index (χ3v) is 1.04. The zero-order valence-corrected chi connectivity index (χ0v) is 5.22. The lowest BCUT2D eigenvalue weighted by Gasteiger charge is -1.93. The minimum atomic E-state index is 0.492. The maximum absolute atomic E-state index is 5.40. The molecule has 4 nitrogen and oxygen atoms in total. The van der Waals surface area contributed by atoms with Crippen molar-refractivity contribution in [2.45, 2.75) is 6.61 Å². The van der Waals surface area contributed by atoms with E-state index in [4.69, 9.17) is 10.5 Å². The summed E-state index contributed by atoms with van der Waals surface area (Å²) in [5.74, 6) is 0.511. The summed E-state index contributed by atoms with van der Waals surface area (Å²) in [6.07, 6.45) is 1.55. The molecule has 0 aliphatic carbocycles. The van der Waals surface area contributed by atoms with Gasteiger partial charge in [-0.1, -0.05) is 0 Å². The summed E-state index contributed by atoms with van der Waals surface area (Å²) in [4.78, 5) is 6.62. The molecule has 0 bridgehead atoms. The second kappa shape index (κ2) is 2.50. The monoisotopic (exact) mass is 127 g/mol. The summed E-state index contributed by atoms with van der Waals surface area (Å²) < 4.78 is 4.82. The van der Waals surface area contributed by atoms with Crippen molar-refractivity contribution in [3.8, 4) is 0 Å². The molecule has 0 saturated carbocycles. The molecule has 0 aromatic carbocycles. The van der Waals surface area contributed by atoms with Gasteiger partial charge >= 0.3 is 0 Å². The second-order valence-electron chi connectivity index (χ2n) is 1.70. The average molecular weight is 127 g/mol. The molecule has 1 aromatic rings. The third-order valence-electron chi connectivity index (χ3n) is 1.04. The van der Waals surface area contributed by atoms with Gasteiger partial charge in [-0.05, 0) is 0 Å². The van der Waals surface area contributed by atoms with E-state index in [0.29, 0.717) is 12.4 Å². The molecule has 0 saturated heterocycles.